The molecule has 10 heteroatoms. The molecule has 1 aromatic carbocycles. The monoisotopic (exact) mass is 423 g/mol. The zero-order chi connectivity index (χ0) is 22.4. The number of aliphatic hydroxyl groups is 1. The Morgan fingerprint density at radius 1 is 1.16 bits per heavy atom. The van der Waals surface area contributed by atoms with Gasteiger partial charge in [0.15, 0.2) is 0 Å². The summed E-state index contributed by atoms with van der Waals surface area (Å²) in [7, 11) is 1.67. The van der Waals surface area contributed by atoms with E-state index in [9.17, 15) is 19.8 Å². The van der Waals surface area contributed by atoms with E-state index in [2.05, 4.69) is 5.10 Å². The molecule has 9 nitrogen and oxygen atoms in total. The third kappa shape index (κ3) is 3.19. The van der Waals surface area contributed by atoms with Crippen molar-refractivity contribution in [2.24, 2.45) is 18.5 Å². The van der Waals surface area contributed by atoms with Gasteiger partial charge in [0.1, 0.15) is 17.3 Å². The largest absolute Gasteiger partial charge is 0.508 e. The van der Waals surface area contributed by atoms with Gasteiger partial charge in [0.25, 0.3) is 11.8 Å². The first-order valence-corrected chi connectivity index (χ1v) is 9.12. The molecule has 3 aromatic heterocycles. The van der Waals surface area contributed by atoms with Crippen LogP contribution in [0.4, 0.5) is 4.39 Å². The molecule has 0 bridgehead atoms. The number of hydrogen-bond donors (Lipinski definition) is 4. The van der Waals surface area contributed by atoms with E-state index in [4.69, 9.17) is 11.5 Å². The Morgan fingerprint density at radius 3 is 2.45 bits per heavy atom. The molecule has 4 rings (SSSR count). The molecule has 0 saturated heterocycles. The molecule has 0 aliphatic carbocycles. The number of fused-ring (bicyclic) bond motifs is 1. The number of pyridine rings is 1. The van der Waals surface area contributed by atoms with Crippen molar-refractivity contribution >= 4 is 17.3 Å². The van der Waals surface area contributed by atoms with Crippen molar-refractivity contribution in [2.45, 2.75) is 6.61 Å². The molecule has 158 valence electrons. The number of amides is 2. The number of halogens is 1. The molecule has 0 unspecified atom stereocenters. The number of aromatic hydroxyl groups is 1. The highest BCUT2D eigenvalue weighted by atomic mass is 19.1. The van der Waals surface area contributed by atoms with Gasteiger partial charge >= 0.3 is 0 Å². The van der Waals surface area contributed by atoms with Crippen molar-refractivity contribution in [2.75, 3.05) is 0 Å². The van der Waals surface area contributed by atoms with Crippen LogP contribution in [-0.2, 0) is 13.7 Å². The number of carbonyl (C=O) groups is 2. The van der Waals surface area contributed by atoms with E-state index in [0.29, 0.717) is 11.1 Å². The summed E-state index contributed by atoms with van der Waals surface area (Å²) < 4.78 is 18.5. The Morgan fingerprint density at radius 2 is 1.87 bits per heavy atom. The van der Waals surface area contributed by atoms with Crippen molar-refractivity contribution in [1.82, 2.24) is 14.2 Å². The number of carbonyl (C=O) groups excluding carboxylic acids is 2. The Labute approximate surface area is 174 Å². The van der Waals surface area contributed by atoms with Gasteiger partial charge in [0, 0.05) is 47.8 Å². The van der Waals surface area contributed by atoms with Crippen LogP contribution in [-0.4, -0.2) is 36.2 Å². The molecule has 2 amide bonds. The average Bonchev–Trinajstić information content (AvgIpc) is 3.29. The van der Waals surface area contributed by atoms with Gasteiger partial charge in [-0.2, -0.15) is 5.10 Å². The third-order valence-corrected chi connectivity index (χ3v) is 5.00. The SMILES string of the molecule is Cn1cc(-c2cc(CO)cc(-c3c(C(N)=O)c4cc(O)ccn4c3C(N)=O)c2F)cn1. The van der Waals surface area contributed by atoms with Crippen LogP contribution in [0.25, 0.3) is 27.8 Å². The molecule has 6 N–H and O–H groups in total. The van der Waals surface area contributed by atoms with E-state index in [1.165, 1.54) is 45.7 Å². The molecule has 0 radical (unpaired) electrons. The molecule has 31 heavy (non-hydrogen) atoms. The lowest BCUT2D eigenvalue weighted by Gasteiger charge is -2.12. The van der Waals surface area contributed by atoms with Crippen molar-refractivity contribution < 1.29 is 24.2 Å². The summed E-state index contributed by atoms with van der Waals surface area (Å²) in [5.41, 5.74) is 11.5. The number of primary amides is 2. The molecule has 0 spiro atoms. The molecule has 0 fully saturated rings. The van der Waals surface area contributed by atoms with Gasteiger partial charge in [-0.25, -0.2) is 4.39 Å². The van der Waals surface area contributed by atoms with Gasteiger partial charge in [0.2, 0.25) is 0 Å². The highest BCUT2D eigenvalue weighted by Gasteiger charge is 2.29. The maximum atomic E-state index is 15.8. The molecule has 4 aromatic rings. The minimum Gasteiger partial charge on any atom is -0.508 e. The number of aromatic nitrogens is 3. The van der Waals surface area contributed by atoms with Crippen LogP contribution in [0.1, 0.15) is 26.4 Å². The Bertz CT molecular complexity index is 1370. The van der Waals surface area contributed by atoms with Gasteiger partial charge in [-0.05, 0) is 23.8 Å². The van der Waals surface area contributed by atoms with Crippen molar-refractivity contribution in [3.05, 3.63) is 65.5 Å². The topological polar surface area (TPSA) is 149 Å². The average molecular weight is 423 g/mol. The van der Waals surface area contributed by atoms with Crippen LogP contribution in [0.15, 0.2) is 42.9 Å². The van der Waals surface area contributed by atoms with Crippen LogP contribution < -0.4 is 11.5 Å². The summed E-state index contributed by atoms with van der Waals surface area (Å²) in [5.74, 6) is -2.81. The lowest BCUT2D eigenvalue weighted by molar-refractivity contribution is 0.0993. The standard InChI is InChI=1S/C21H18FN5O4/c1-26-8-11(7-25-26)13-4-10(9-28)5-14(18(13)22)16-17(20(23)30)15-6-12(29)2-3-27(15)19(16)21(24)31/h2-8,28-29H,9H2,1H3,(H2,23,30)(H2,24,31). The van der Waals surface area contributed by atoms with Crippen LogP contribution in [0, 0.1) is 5.82 Å². The quantitative estimate of drug-likeness (QED) is 0.384. The lowest BCUT2D eigenvalue weighted by atomic mass is 9.93. The van der Waals surface area contributed by atoms with Gasteiger partial charge in [-0.1, -0.05) is 0 Å². The molecule has 3 heterocycles. The van der Waals surface area contributed by atoms with E-state index in [0.717, 1.165) is 0 Å². The van der Waals surface area contributed by atoms with Crippen LogP contribution in [0.5, 0.6) is 5.75 Å². The minimum absolute atomic E-state index is 0.0908. The minimum atomic E-state index is -0.942. The number of aliphatic hydroxyl groups excluding tert-OH is 1. The van der Waals surface area contributed by atoms with Gasteiger partial charge in [0.05, 0.1) is 23.9 Å². The molecule has 0 saturated carbocycles. The molecule has 0 aliphatic rings. The van der Waals surface area contributed by atoms with Crippen molar-refractivity contribution in [3.63, 3.8) is 0 Å². The van der Waals surface area contributed by atoms with Crippen LogP contribution in [0.3, 0.4) is 0 Å². The van der Waals surface area contributed by atoms with Crippen LogP contribution in [0.2, 0.25) is 0 Å². The highest BCUT2D eigenvalue weighted by molar-refractivity contribution is 6.13. The zero-order valence-corrected chi connectivity index (χ0v) is 16.3. The summed E-state index contributed by atoms with van der Waals surface area (Å²) in [5, 5.41) is 23.7. The predicted molar refractivity (Wildman–Crippen MR) is 110 cm³/mol. The van der Waals surface area contributed by atoms with Gasteiger partial charge in [-0.3, -0.25) is 14.3 Å². The van der Waals surface area contributed by atoms with Gasteiger partial charge < -0.3 is 26.1 Å². The van der Waals surface area contributed by atoms with Crippen LogP contribution >= 0.6 is 0 Å². The Hall–Kier alpha value is -4.18. The molecular weight excluding hydrogens is 405 g/mol. The van der Waals surface area contributed by atoms with Crippen molar-refractivity contribution in [1.29, 1.82) is 0 Å². The second kappa shape index (κ2) is 7.26. The number of nitrogens with zero attached hydrogens (tertiary/aromatic N) is 3. The Kier molecular flexibility index (Phi) is 4.71. The normalized spacial score (nSPS) is 11.2. The van der Waals surface area contributed by atoms with E-state index in [1.807, 2.05) is 0 Å². The second-order valence-corrected chi connectivity index (χ2v) is 7.03. The first kappa shape index (κ1) is 20.1. The van der Waals surface area contributed by atoms with Crippen molar-refractivity contribution in [3.8, 4) is 28.0 Å². The van der Waals surface area contributed by atoms with Gasteiger partial charge in [-0.15, -0.1) is 0 Å². The maximum Gasteiger partial charge on any atom is 0.266 e. The number of hydrogen-bond acceptors (Lipinski definition) is 5. The first-order chi connectivity index (χ1) is 14.7. The smallest absolute Gasteiger partial charge is 0.266 e. The predicted octanol–water partition coefficient (Wildman–Crippen LogP) is 1.54. The molecule has 0 aliphatic heterocycles. The van der Waals surface area contributed by atoms with E-state index >= 15 is 4.39 Å². The lowest BCUT2D eigenvalue weighted by Crippen LogP contribution is -2.16. The number of rotatable bonds is 5. The number of nitrogens with two attached hydrogens (primary N) is 2. The fourth-order valence-corrected chi connectivity index (χ4v) is 3.72. The first-order valence-electron chi connectivity index (χ1n) is 9.12. The highest BCUT2D eigenvalue weighted by Crippen LogP contribution is 2.39. The number of aryl methyl sites for hydroxylation is 1. The van der Waals surface area contributed by atoms with E-state index in [1.54, 1.807) is 13.2 Å². The summed E-state index contributed by atoms with van der Waals surface area (Å²) >= 11 is 0. The van der Waals surface area contributed by atoms with E-state index in [-0.39, 0.29) is 39.2 Å². The summed E-state index contributed by atoms with van der Waals surface area (Å²) in [6.45, 7) is -0.424. The van der Waals surface area contributed by atoms with E-state index < -0.39 is 24.2 Å². The number of benzene rings is 1. The zero-order valence-electron chi connectivity index (χ0n) is 16.3. The summed E-state index contributed by atoms with van der Waals surface area (Å²) in [6, 6.07) is 5.29. The molecular formula is C21H18FN5O4. The summed E-state index contributed by atoms with van der Waals surface area (Å²) in [6.07, 6.45) is 4.36. The second-order valence-electron chi connectivity index (χ2n) is 7.03. The summed E-state index contributed by atoms with van der Waals surface area (Å²) in [4.78, 5) is 24.7. The fourth-order valence-electron chi connectivity index (χ4n) is 3.72. The maximum absolute atomic E-state index is 15.8. The Balaban J connectivity index is 2.17. The fraction of sp³-hybridized carbons (Fsp3) is 0.0952. The molecule has 0 atom stereocenters. The third-order valence-electron chi connectivity index (χ3n) is 5.00.